The van der Waals surface area contributed by atoms with Gasteiger partial charge in [0.15, 0.2) is 0 Å². The Kier molecular flexibility index (Phi) is 6.97. The zero-order valence-corrected chi connectivity index (χ0v) is 15.4. The van der Waals surface area contributed by atoms with Gasteiger partial charge in [0.2, 0.25) is 11.8 Å². The molecule has 0 bridgehead atoms. The fourth-order valence-electron chi connectivity index (χ4n) is 2.91. The number of piperazine rings is 1. The van der Waals surface area contributed by atoms with Crippen LogP contribution in [0.1, 0.15) is 24.2 Å². The number of carbonyl (C=O) groups excluding carboxylic acids is 3. The highest BCUT2D eigenvalue weighted by molar-refractivity contribution is 5.95. The van der Waals surface area contributed by atoms with E-state index in [0.29, 0.717) is 50.5 Å². The summed E-state index contributed by atoms with van der Waals surface area (Å²) < 4.78 is 0. The van der Waals surface area contributed by atoms with Gasteiger partial charge >= 0.3 is 6.03 Å². The SMILES string of the molecule is CCN(CC)C(=O)N1CCN(CC(=O)Nc2ccc(C(N)=O)cc2)CC1. The Labute approximate surface area is 153 Å². The summed E-state index contributed by atoms with van der Waals surface area (Å²) in [5.74, 6) is -0.625. The van der Waals surface area contributed by atoms with Crippen LogP contribution in [0.15, 0.2) is 24.3 Å². The number of amides is 4. The van der Waals surface area contributed by atoms with Crippen molar-refractivity contribution in [3.63, 3.8) is 0 Å². The van der Waals surface area contributed by atoms with Gasteiger partial charge in [0, 0.05) is 50.5 Å². The highest BCUT2D eigenvalue weighted by Gasteiger charge is 2.24. The molecule has 1 aromatic carbocycles. The number of hydrogen-bond acceptors (Lipinski definition) is 4. The number of rotatable bonds is 6. The third-order valence-corrected chi connectivity index (χ3v) is 4.50. The van der Waals surface area contributed by atoms with E-state index in [0.717, 1.165) is 0 Å². The van der Waals surface area contributed by atoms with Gasteiger partial charge in [-0.1, -0.05) is 0 Å². The number of nitrogens with two attached hydrogens (primary N) is 1. The van der Waals surface area contributed by atoms with E-state index >= 15 is 0 Å². The second kappa shape index (κ2) is 9.19. The van der Waals surface area contributed by atoms with Gasteiger partial charge in [-0.05, 0) is 38.1 Å². The van der Waals surface area contributed by atoms with E-state index in [1.165, 1.54) is 0 Å². The molecule has 142 valence electrons. The normalized spacial score (nSPS) is 14.8. The van der Waals surface area contributed by atoms with E-state index in [9.17, 15) is 14.4 Å². The summed E-state index contributed by atoms with van der Waals surface area (Å²) in [6, 6.07) is 6.52. The van der Waals surface area contributed by atoms with Crippen LogP contribution in [-0.2, 0) is 4.79 Å². The second-order valence-corrected chi connectivity index (χ2v) is 6.21. The molecule has 1 saturated heterocycles. The first kappa shape index (κ1) is 19.7. The van der Waals surface area contributed by atoms with Crippen LogP contribution in [0.4, 0.5) is 10.5 Å². The maximum absolute atomic E-state index is 12.3. The van der Waals surface area contributed by atoms with E-state index < -0.39 is 5.91 Å². The third kappa shape index (κ3) is 5.19. The molecule has 0 saturated carbocycles. The summed E-state index contributed by atoms with van der Waals surface area (Å²) in [6.07, 6.45) is 0. The van der Waals surface area contributed by atoms with Crippen molar-refractivity contribution in [2.24, 2.45) is 5.73 Å². The first-order valence-electron chi connectivity index (χ1n) is 8.90. The number of nitrogens with zero attached hydrogens (tertiary/aromatic N) is 3. The Morgan fingerprint density at radius 3 is 2.12 bits per heavy atom. The van der Waals surface area contributed by atoms with Crippen LogP contribution >= 0.6 is 0 Å². The molecule has 0 unspecified atom stereocenters. The lowest BCUT2D eigenvalue weighted by Gasteiger charge is -2.36. The Bertz CT molecular complexity index is 635. The first-order chi connectivity index (χ1) is 12.4. The molecule has 0 aromatic heterocycles. The minimum atomic E-state index is -0.500. The minimum Gasteiger partial charge on any atom is -0.366 e. The van der Waals surface area contributed by atoms with Gasteiger partial charge < -0.3 is 20.9 Å². The van der Waals surface area contributed by atoms with Crippen molar-refractivity contribution in [1.29, 1.82) is 0 Å². The summed E-state index contributed by atoms with van der Waals surface area (Å²) in [5.41, 5.74) is 6.21. The summed E-state index contributed by atoms with van der Waals surface area (Å²) in [5, 5.41) is 2.80. The Balaban J connectivity index is 1.79. The molecule has 0 radical (unpaired) electrons. The van der Waals surface area contributed by atoms with Gasteiger partial charge in [-0.2, -0.15) is 0 Å². The Morgan fingerprint density at radius 1 is 1.04 bits per heavy atom. The van der Waals surface area contributed by atoms with Crippen molar-refractivity contribution in [2.45, 2.75) is 13.8 Å². The Morgan fingerprint density at radius 2 is 1.62 bits per heavy atom. The molecule has 1 fully saturated rings. The lowest BCUT2D eigenvalue weighted by atomic mass is 10.2. The average molecular weight is 361 g/mol. The molecule has 26 heavy (non-hydrogen) atoms. The fourth-order valence-corrected chi connectivity index (χ4v) is 2.91. The van der Waals surface area contributed by atoms with Gasteiger partial charge in [0.25, 0.3) is 0 Å². The van der Waals surface area contributed by atoms with Crippen molar-refractivity contribution < 1.29 is 14.4 Å². The summed E-state index contributed by atoms with van der Waals surface area (Å²) >= 11 is 0. The lowest BCUT2D eigenvalue weighted by molar-refractivity contribution is -0.117. The number of hydrogen-bond donors (Lipinski definition) is 2. The third-order valence-electron chi connectivity index (χ3n) is 4.50. The number of primary amides is 1. The topological polar surface area (TPSA) is 99.0 Å². The molecule has 0 aliphatic carbocycles. The van der Waals surface area contributed by atoms with Crippen LogP contribution in [0.5, 0.6) is 0 Å². The van der Waals surface area contributed by atoms with Crippen molar-refractivity contribution in [1.82, 2.24) is 14.7 Å². The Hall–Kier alpha value is -2.61. The number of benzene rings is 1. The molecule has 3 N–H and O–H groups in total. The van der Waals surface area contributed by atoms with Crippen molar-refractivity contribution in [2.75, 3.05) is 51.1 Å². The van der Waals surface area contributed by atoms with E-state index in [-0.39, 0.29) is 18.5 Å². The van der Waals surface area contributed by atoms with Crippen LogP contribution in [0, 0.1) is 0 Å². The molecular formula is C18H27N5O3. The van der Waals surface area contributed by atoms with Crippen molar-refractivity contribution in [3.8, 4) is 0 Å². The van der Waals surface area contributed by atoms with Gasteiger partial charge in [-0.25, -0.2) is 4.79 Å². The van der Waals surface area contributed by atoms with Crippen LogP contribution in [0.2, 0.25) is 0 Å². The highest BCUT2D eigenvalue weighted by Crippen LogP contribution is 2.10. The number of anilines is 1. The van der Waals surface area contributed by atoms with Crippen LogP contribution in [-0.4, -0.2) is 78.4 Å². The smallest absolute Gasteiger partial charge is 0.320 e. The number of urea groups is 1. The number of carbonyl (C=O) groups is 3. The molecule has 0 atom stereocenters. The fraction of sp³-hybridized carbons (Fsp3) is 0.500. The monoisotopic (exact) mass is 361 g/mol. The predicted octanol–water partition coefficient (Wildman–Crippen LogP) is 0.803. The second-order valence-electron chi connectivity index (χ2n) is 6.21. The number of nitrogens with one attached hydrogen (secondary N) is 1. The summed E-state index contributed by atoms with van der Waals surface area (Å²) in [6.45, 7) is 8.19. The standard InChI is InChI=1S/C18H27N5O3/c1-3-22(4-2)18(26)23-11-9-21(10-12-23)13-16(24)20-15-7-5-14(6-8-15)17(19)25/h5-8H,3-4,9-13H2,1-2H3,(H2,19,25)(H,20,24). The van der Waals surface area contributed by atoms with E-state index in [1.807, 2.05) is 23.6 Å². The molecule has 0 spiro atoms. The summed E-state index contributed by atoms with van der Waals surface area (Å²) in [7, 11) is 0. The zero-order valence-electron chi connectivity index (χ0n) is 15.4. The molecule has 8 heteroatoms. The van der Waals surface area contributed by atoms with Crippen molar-refractivity contribution >= 4 is 23.5 Å². The van der Waals surface area contributed by atoms with Gasteiger partial charge in [-0.15, -0.1) is 0 Å². The largest absolute Gasteiger partial charge is 0.366 e. The van der Waals surface area contributed by atoms with Crippen LogP contribution < -0.4 is 11.1 Å². The quantitative estimate of drug-likeness (QED) is 0.783. The zero-order chi connectivity index (χ0) is 19.1. The minimum absolute atomic E-state index is 0.0636. The molecule has 8 nitrogen and oxygen atoms in total. The van der Waals surface area contributed by atoms with Crippen LogP contribution in [0.25, 0.3) is 0 Å². The molecule has 1 heterocycles. The van der Waals surface area contributed by atoms with E-state index in [4.69, 9.17) is 5.73 Å². The highest BCUT2D eigenvalue weighted by atomic mass is 16.2. The molecule has 1 aliphatic heterocycles. The lowest BCUT2D eigenvalue weighted by Crippen LogP contribution is -2.53. The molecule has 1 aromatic rings. The molecule has 2 rings (SSSR count). The molecule has 4 amide bonds. The van der Waals surface area contributed by atoms with Gasteiger partial charge in [-0.3, -0.25) is 14.5 Å². The summed E-state index contributed by atoms with van der Waals surface area (Å²) in [4.78, 5) is 41.2. The van der Waals surface area contributed by atoms with Crippen molar-refractivity contribution in [3.05, 3.63) is 29.8 Å². The predicted molar refractivity (Wildman–Crippen MR) is 99.9 cm³/mol. The van der Waals surface area contributed by atoms with E-state index in [1.54, 1.807) is 29.2 Å². The molecule has 1 aliphatic rings. The first-order valence-corrected chi connectivity index (χ1v) is 8.90. The van der Waals surface area contributed by atoms with Gasteiger partial charge in [0.05, 0.1) is 6.54 Å². The van der Waals surface area contributed by atoms with Gasteiger partial charge in [0.1, 0.15) is 0 Å². The molecular weight excluding hydrogens is 334 g/mol. The van der Waals surface area contributed by atoms with E-state index in [2.05, 4.69) is 5.32 Å². The van der Waals surface area contributed by atoms with Crippen LogP contribution in [0.3, 0.4) is 0 Å². The maximum Gasteiger partial charge on any atom is 0.320 e. The average Bonchev–Trinajstić information content (AvgIpc) is 2.63. The maximum atomic E-state index is 12.3.